The molecule has 36 heavy (non-hydrogen) atoms. The van der Waals surface area contributed by atoms with E-state index in [4.69, 9.17) is 21.1 Å². The fourth-order valence-corrected chi connectivity index (χ4v) is 4.27. The molecule has 184 valence electrons. The molecule has 3 aromatic carbocycles. The number of ether oxygens (including phenoxy) is 2. The van der Waals surface area contributed by atoms with Gasteiger partial charge < -0.3 is 20.1 Å². The molecule has 2 amide bonds. The summed E-state index contributed by atoms with van der Waals surface area (Å²) < 4.78 is 11.8. The van der Waals surface area contributed by atoms with Crippen molar-refractivity contribution in [2.45, 2.75) is 13.8 Å². The maximum atomic E-state index is 12.7. The van der Waals surface area contributed by atoms with Crippen LogP contribution in [0.3, 0.4) is 0 Å². The Hall–Kier alpha value is -3.55. The highest BCUT2D eigenvalue weighted by Gasteiger charge is 2.16. The van der Waals surface area contributed by atoms with Crippen LogP contribution in [0.15, 0.2) is 60.2 Å². The Morgan fingerprint density at radius 2 is 1.83 bits per heavy atom. The number of methoxy groups -OCH3 is 1. The van der Waals surface area contributed by atoms with E-state index in [1.807, 2.05) is 54.6 Å². The molecule has 0 aromatic heterocycles. The van der Waals surface area contributed by atoms with Crippen LogP contribution in [0.5, 0.6) is 11.5 Å². The molecule has 0 unspecified atom stereocenters. The highest BCUT2D eigenvalue weighted by molar-refractivity contribution is 14.1. The van der Waals surface area contributed by atoms with Crippen molar-refractivity contribution in [2.24, 2.45) is 0 Å². The molecule has 0 aliphatic carbocycles. The van der Waals surface area contributed by atoms with Crippen LogP contribution in [0.25, 0.3) is 6.08 Å². The third-order valence-corrected chi connectivity index (χ3v) is 6.18. The second-order valence-corrected chi connectivity index (χ2v) is 9.36. The summed E-state index contributed by atoms with van der Waals surface area (Å²) in [6.07, 6.45) is 1.47. The minimum Gasteiger partial charge on any atom is -0.493 e. The molecular weight excluding hydrogens is 593 g/mol. The number of nitriles is 1. The molecule has 0 saturated carbocycles. The smallest absolute Gasteiger partial charge is 0.266 e. The third-order valence-electron chi connectivity index (χ3n) is 5.05. The molecule has 9 heteroatoms. The van der Waals surface area contributed by atoms with Crippen molar-refractivity contribution in [3.63, 3.8) is 0 Å². The van der Waals surface area contributed by atoms with Crippen molar-refractivity contribution in [1.29, 1.82) is 5.26 Å². The maximum absolute atomic E-state index is 12.7. The fourth-order valence-electron chi connectivity index (χ4n) is 3.31. The highest BCUT2D eigenvalue weighted by atomic mass is 127. The van der Waals surface area contributed by atoms with Gasteiger partial charge in [-0.2, -0.15) is 5.26 Å². The van der Waals surface area contributed by atoms with Crippen LogP contribution < -0.4 is 20.1 Å². The second kappa shape index (κ2) is 12.4. The van der Waals surface area contributed by atoms with Gasteiger partial charge in [-0.15, -0.1) is 0 Å². The number of benzene rings is 3. The van der Waals surface area contributed by atoms with Crippen molar-refractivity contribution in [2.75, 3.05) is 24.4 Å². The van der Waals surface area contributed by atoms with E-state index >= 15 is 0 Å². The van der Waals surface area contributed by atoms with Crippen LogP contribution in [0, 0.1) is 28.7 Å². The minimum absolute atomic E-state index is 0.0689. The Morgan fingerprint density at radius 1 is 1.08 bits per heavy atom. The van der Waals surface area contributed by atoms with Crippen molar-refractivity contribution in [1.82, 2.24) is 0 Å². The Labute approximate surface area is 228 Å². The molecule has 0 aliphatic heterocycles. The first-order chi connectivity index (χ1) is 17.2. The lowest BCUT2D eigenvalue weighted by atomic mass is 10.1. The van der Waals surface area contributed by atoms with Crippen LogP contribution in [-0.4, -0.2) is 25.5 Å². The quantitative estimate of drug-likeness (QED) is 0.180. The van der Waals surface area contributed by atoms with Crippen molar-refractivity contribution in [3.8, 4) is 17.6 Å². The van der Waals surface area contributed by atoms with Crippen LogP contribution in [0.2, 0.25) is 5.02 Å². The van der Waals surface area contributed by atoms with E-state index in [0.717, 1.165) is 11.1 Å². The summed E-state index contributed by atoms with van der Waals surface area (Å²) in [6.45, 7) is 3.58. The van der Waals surface area contributed by atoms with Crippen LogP contribution in [0.1, 0.15) is 16.7 Å². The molecule has 0 saturated heterocycles. The predicted molar refractivity (Wildman–Crippen MR) is 149 cm³/mol. The lowest BCUT2D eigenvalue weighted by Gasteiger charge is -2.14. The van der Waals surface area contributed by atoms with E-state index < -0.39 is 5.91 Å². The molecule has 0 atom stereocenters. The summed E-state index contributed by atoms with van der Waals surface area (Å²) in [5, 5.41) is 15.5. The standard InChI is InChI=1S/C27H23ClIN3O4/c1-16-8-9-22(17(2)10-16)32-27(34)19(14-30)11-18-12-21(29)26(24(13-18)35-3)36-15-25(33)31-23-7-5-4-6-20(23)28/h4-13H,15H2,1-3H3,(H,31,33)(H,32,34)/b19-11+. The normalized spacial score (nSPS) is 10.8. The summed E-state index contributed by atoms with van der Waals surface area (Å²) in [5.41, 5.74) is 3.59. The van der Waals surface area contributed by atoms with Gasteiger partial charge in [0.1, 0.15) is 11.6 Å². The van der Waals surface area contributed by atoms with Gasteiger partial charge >= 0.3 is 0 Å². The monoisotopic (exact) mass is 615 g/mol. The van der Waals surface area contributed by atoms with Gasteiger partial charge in [-0.05, 0) is 84.0 Å². The van der Waals surface area contributed by atoms with Crippen LogP contribution in [0.4, 0.5) is 11.4 Å². The van der Waals surface area contributed by atoms with E-state index in [0.29, 0.717) is 37.0 Å². The summed E-state index contributed by atoms with van der Waals surface area (Å²) in [6, 6.07) is 17.8. The Balaban J connectivity index is 1.76. The topological polar surface area (TPSA) is 100 Å². The predicted octanol–water partition coefficient (Wildman–Crippen LogP) is 6.13. The summed E-state index contributed by atoms with van der Waals surface area (Å²) in [7, 11) is 1.47. The van der Waals surface area contributed by atoms with E-state index in [9.17, 15) is 14.9 Å². The number of nitrogens with one attached hydrogen (secondary N) is 2. The van der Waals surface area contributed by atoms with Gasteiger partial charge in [-0.25, -0.2) is 0 Å². The van der Waals surface area contributed by atoms with Crippen LogP contribution in [-0.2, 0) is 9.59 Å². The number of amides is 2. The molecule has 2 N–H and O–H groups in total. The number of hydrogen-bond donors (Lipinski definition) is 2. The van der Waals surface area contributed by atoms with Gasteiger partial charge in [0.25, 0.3) is 11.8 Å². The Morgan fingerprint density at radius 3 is 2.50 bits per heavy atom. The third kappa shape index (κ3) is 6.99. The lowest BCUT2D eigenvalue weighted by Crippen LogP contribution is -2.20. The molecule has 3 rings (SSSR count). The SMILES string of the molecule is COc1cc(/C=C(\C#N)C(=O)Nc2ccc(C)cc2C)cc(I)c1OCC(=O)Nc1ccccc1Cl. The number of halogens is 2. The van der Waals surface area contributed by atoms with E-state index in [1.165, 1.54) is 13.2 Å². The molecule has 0 bridgehead atoms. The van der Waals surface area contributed by atoms with Crippen molar-refractivity contribution >= 4 is 63.5 Å². The molecule has 7 nitrogen and oxygen atoms in total. The number of carbonyl (C=O) groups excluding carboxylic acids is 2. The minimum atomic E-state index is -0.519. The zero-order valence-corrected chi connectivity index (χ0v) is 22.7. The first-order valence-corrected chi connectivity index (χ1v) is 12.2. The van der Waals surface area contributed by atoms with Gasteiger partial charge in [0, 0.05) is 5.69 Å². The number of hydrogen-bond acceptors (Lipinski definition) is 5. The number of aryl methyl sites for hydroxylation is 2. The average molecular weight is 616 g/mol. The number of carbonyl (C=O) groups is 2. The van der Waals surface area contributed by atoms with Gasteiger partial charge in [0.15, 0.2) is 18.1 Å². The van der Waals surface area contributed by atoms with Gasteiger partial charge in [-0.1, -0.05) is 41.4 Å². The van der Waals surface area contributed by atoms with E-state index in [-0.39, 0.29) is 18.1 Å². The molecule has 0 fully saturated rings. The first-order valence-electron chi connectivity index (χ1n) is 10.8. The summed E-state index contributed by atoms with van der Waals surface area (Å²) in [5.74, 6) is -0.191. The van der Waals surface area contributed by atoms with Gasteiger partial charge in [0.05, 0.1) is 21.4 Å². The fraction of sp³-hybridized carbons (Fsp3) is 0.148. The average Bonchev–Trinajstić information content (AvgIpc) is 2.84. The zero-order chi connectivity index (χ0) is 26.2. The molecule has 0 aliphatic rings. The number of anilines is 2. The largest absolute Gasteiger partial charge is 0.493 e. The Kier molecular flexibility index (Phi) is 9.33. The number of nitrogens with zero attached hydrogens (tertiary/aromatic N) is 1. The zero-order valence-electron chi connectivity index (χ0n) is 19.8. The molecule has 0 spiro atoms. The molecule has 0 heterocycles. The second-order valence-electron chi connectivity index (χ2n) is 7.79. The summed E-state index contributed by atoms with van der Waals surface area (Å²) >= 11 is 8.12. The molecule has 0 radical (unpaired) electrons. The number of para-hydroxylation sites is 1. The van der Waals surface area contributed by atoms with Crippen LogP contribution >= 0.6 is 34.2 Å². The Bertz CT molecular complexity index is 1380. The maximum Gasteiger partial charge on any atom is 0.266 e. The van der Waals surface area contributed by atoms with E-state index in [2.05, 4.69) is 10.6 Å². The van der Waals surface area contributed by atoms with E-state index in [1.54, 1.807) is 42.5 Å². The van der Waals surface area contributed by atoms with Gasteiger partial charge in [0.2, 0.25) is 0 Å². The molecular formula is C27H23ClIN3O4. The summed E-state index contributed by atoms with van der Waals surface area (Å²) in [4.78, 5) is 25.1. The van der Waals surface area contributed by atoms with Gasteiger partial charge in [-0.3, -0.25) is 9.59 Å². The highest BCUT2D eigenvalue weighted by Crippen LogP contribution is 2.35. The first kappa shape index (κ1) is 27.0. The number of rotatable bonds is 8. The van der Waals surface area contributed by atoms with Crippen molar-refractivity contribution in [3.05, 3.63) is 85.5 Å². The lowest BCUT2D eigenvalue weighted by molar-refractivity contribution is -0.118. The molecule has 3 aromatic rings. The van der Waals surface area contributed by atoms with Crippen molar-refractivity contribution < 1.29 is 19.1 Å².